The van der Waals surface area contributed by atoms with Crippen molar-refractivity contribution in [2.45, 2.75) is 10.3 Å². The van der Waals surface area contributed by atoms with E-state index >= 15 is 0 Å². The van der Waals surface area contributed by atoms with E-state index in [1.165, 1.54) is 11.8 Å². The molecule has 0 saturated carbocycles. The first-order valence-corrected chi connectivity index (χ1v) is 5.70. The normalized spacial score (nSPS) is 12.1. The van der Waals surface area contributed by atoms with E-state index in [0.717, 1.165) is 10.6 Å². The predicted molar refractivity (Wildman–Crippen MR) is 61.0 cm³/mol. The Hall–Kier alpha value is -0.870. The molecule has 0 fully saturated rings. The number of rotatable bonds is 5. The summed E-state index contributed by atoms with van der Waals surface area (Å²) in [6, 6.07) is 7.43. The molecule has 0 radical (unpaired) electrons. The van der Waals surface area contributed by atoms with E-state index in [1.807, 2.05) is 24.3 Å². The van der Waals surface area contributed by atoms with Crippen molar-refractivity contribution in [3.8, 4) is 5.75 Å². The van der Waals surface area contributed by atoms with Crippen LogP contribution >= 0.6 is 23.4 Å². The maximum atomic E-state index is 10.5. The number of alkyl halides is 1. The lowest BCUT2D eigenvalue weighted by molar-refractivity contribution is -0.136. The lowest BCUT2D eigenvalue weighted by Crippen LogP contribution is -2.15. The van der Waals surface area contributed by atoms with E-state index in [1.54, 1.807) is 7.11 Å². The van der Waals surface area contributed by atoms with Crippen molar-refractivity contribution >= 4 is 29.3 Å². The Morgan fingerprint density at radius 3 is 2.87 bits per heavy atom. The Balaban J connectivity index is 2.60. The highest BCUT2D eigenvalue weighted by Crippen LogP contribution is 2.29. The smallest absolute Gasteiger partial charge is 0.322 e. The lowest BCUT2D eigenvalue weighted by atomic mass is 10.3. The first-order chi connectivity index (χ1) is 7.15. The summed E-state index contributed by atoms with van der Waals surface area (Å²) in [5.74, 6) is 0.0490. The van der Waals surface area contributed by atoms with E-state index in [0.29, 0.717) is 5.75 Å². The van der Waals surface area contributed by atoms with E-state index in [2.05, 4.69) is 0 Å². The SMILES string of the molecule is COc1ccccc1SCC(Cl)C(=O)O. The molecule has 3 nitrogen and oxygen atoms in total. The third-order valence-electron chi connectivity index (χ3n) is 1.72. The van der Waals surface area contributed by atoms with Crippen LogP contribution in [0.2, 0.25) is 0 Å². The molecule has 0 heterocycles. The Morgan fingerprint density at radius 1 is 1.60 bits per heavy atom. The molecule has 15 heavy (non-hydrogen) atoms. The number of hydrogen-bond donors (Lipinski definition) is 1. The number of hydrogen-bond acceptors (Lipinski definition) is 3. The van der Waals surface area contributed by atoms with Crippen LogP contribution in [0.1, 0.15) is 0 Å². The van der Waals surface area contributed by atoms with E-state index in [9.17, 15) is 4.79 Å². The average Bonchev–Trinajstić information content (AvgIpc) is 2.26. The van der Waals surface area contributed by atoms with Gasteiger partial charge in [0, 0.05) is 10.6 Å². The maximum Gasteiger partial charge on any atom is 0.322 e. The summed E-state index contributed by atoms with van der Waals surface area (Å²) >= 11 is 6.97. The number of methoxy groups -OCH3 is 1. The van der Waals surface area contributed by atoms with Crippen LogP contribution in [0.4, 0.5) is 0 Å². The maximum absolute atomic E-state index is 10.5. The van der Waals surface area contributed by atoms with Crippen LogP contribution < -0.4 is 4.74 Å². The number of thioether (sulfide) groups is 1. The summed E-state index contributed by atoms with van der Waals surface area (Å²) in [5.41, 5.74) is 0. The summed E-state index contributed by atoms with van der Waals surface area (Å²) in [5, 5.41) is 7.73. The van der Waals surface area contributed by atoms with E-state index in [4.69, 9.17) is 21.4 Å². The number of aliphatic carboxylic acids is 1. The molecule has 1 aromatic carbocycles. The molecule has 82 valence electrons. The molecular weight excluding hydrogens is 236 g/mol. The van der Waals surface area contributed by atoms with Gasteiger partial charge in [0.15, 0.2) is 0 Å². The molecule has 0 saturated heterocycles. The summed E-state index contributed by atoms with van der Waals surface area (Å²) < 4.78 is 5.13. The van der Waals surface area contributed by atoms with Gasteiger partial charge in [0.25, 0.3) is 0 Å². The topological polar surface area (TPSA) is 46.5 Å². The summed E-state index contributed by atoms with van der Waals surface area (Å²) in [4.78, 5) is 11.4. The Labute approximate surface area is 97.4 Å². The van der Waals surface area contributed by atoms with Crippen molar-refractivity contribution < 1.29 is 14.6 Å². The molecule has 0 amide bonds. The fraction of sp³-hybridized carbons (Fsp3) is 0.300. The highest BCUT2D eigenvalue weighted by Gasteiger charge is 2.14. The van der Waals surface area contributed by atoms with Crippen LogP contribution in [0.15, 0.2) is 29.2 Å². The average molecular weight is 247 g/mol. The second-order valence-electron chi connectivity index (χ2n) is 2.77. The van der Waals surface area contributed by atoms with Gasteiger partial charge in [0.2, 0.25) is 0 Å². The third kappa shape index (κ3) is 3.64. The van der Waals surface area contributed by atoms with E-state index < -0.39 is 11.3 Å². The van der Waals surface area contributed by atoms with Gasteiger partial charge in [0.05, 0.1) is 7.11 Å². The molecule has 1 aromatic rings. The predicted octanol–water partition coefficient (Wildman–Crippen LogP) is 2.48. The molecule has 0 aromatic heterocycles. The van der Waals surface area contributed by atoms with Crippen LogP contribution in [0.25, 0.3) is 0 Å². The van der Waals surface area contributed by atoms with Gasteiger partial charge in [-0.2, -0.15) is 0 Å². The van der Waals surface area contributed by atoms with Crippen molar-refractivity contribution in [1.82, 2.24) is 0 Å². The highest BCUT2D eigenvalue weighted by atomic mass is 35.5. The van der Waals surface area contributed by atoms with Gasteiger partial charge in [-0.3, -0.25) is 4.79 Å². The Bertz CT molecular complexity index is 343. The van der Waals surface area contributed by atoms with Crippen molar-refractivity contribution in [3.05, 3.63) is 24.3 Å². The van der Waals surface area contributed by atoms with Crippen LogP contribution in [-0.2, 0) is 4.79 Å². The second kappa shape index (κ2) is 5.88. The number of ether oxygens (including phenoxy) is 1. The number of carboxylic acid groups (broad SMARTS) is 1. The van der Waals surface area contributed by atoms with Crippen molar-refractivity contribution in [2.24, 2.45) is 0 Å². The molecular formula is C10H11ClO3S. The Morgan fingerprint density at radius 2 is 2.27 bits per heavy atom. The number of carboxylic acids is 1. The molecule has 1 N–H and O–H groups in total. The number of benzene rings is 1. The van der Waals surface area contributed by atoms with Gasteiger partial charge in [0.1, 0.15) is 11.1 Å². The molecule has 1 unspecified atom stereocenters. The molecule has 0 aliphatic rings. The van der Waals surface area contributed by atoms with Gasteiger partial charge in [-0.25, -0.2) is 0 Å². The minimum absolute atomic E-state index is 0.317. The molecule has 0 aliphatic heterocycles. The van der Waals surface area contributed by atoms with Crippen LogP contribution in [0, 0.1) is 0 Å². The summed E-state index contributed by atoms with van der Waals surface area (Å²) in [6.07, 6.45) is 0. The number of para-hydroxylation sites is 1. The summed E-state index contributed by atoms with van der Waals surface area (Å²) in [7, 11) is 1.58. The van der Waals surface area contributed by atoms with Crippen molar-refractivity contribution in [3.63, 3.8) is 0 Å². The zero-order valence-corrected chi connectivity index (χ0v) is 9.72. The quantitative estimate of drug-likeness (QED) is 0.641. The molecule has 0 bridgehead atoms. The fourth-order valence-corrected chi connectivity index (χ4v) is 2.10. The van der Waals surface area contributed by atoms with Gasteiger partial charge >= 0.3 is 5.97 Å². The standard InChI is InChI=1S/C10H11ClO3S/c1-14-8-4-2-3-5-9(8)15-6-7(11)10(12)13/h2-5,7H,6H2,1H3,(H,12,13). The third-order valence-corrected chi connectivity index (χ3v) is 3.39. The van der Waals surface area contributed by atoms with Gasteiger partial charge < -0.3 is 9.84 Å². The Kier molecular flexibility index (Phi) is 4.78. The lowest BCUT2D eigenvalue weighted by Gasteiger charge is -2.08. The van der Waals surface area contributed by atoms with Gasteiger partial charge in [-0.05, 0) is 12.1 Å². The molecule has 0 aliphatic carbocycles. The van der Waals surface area contributed by atoms with Gasteiger partial charge in [-0.1, -0.05) is 12.1 Å². The first-order valence-electron chi connectivity index (χ1n) is 4.28. The molecule has 1 atom stereocenters. The van der Waals surface area contributed by atoms with Crippen LogP contribution in [-0.4, -0.2) is 29.3 Å². The zero-order valence-electron chi connectivity index (χ0n) is 8.14. The minimum atomic E-state index is -1.00. The fourth-order valence-electron chi connectivity index (χ4n) is 0.972. The van der Waals surface area contributed by atoms with E-state index in [-0.39, 0.29) is 0 Å². The zero-order chi connectivity index (χ0) is 11.3. The molecule has 1 rings (SSSR count). The second-order valence-corrected chi connectivity index (χ2v) is 4.36. The monoisotopic (exact) mass is 246 g/mol. The van der Waals surface area contributed by atoms with Crippen LogP contribution in [0.5, 0.6) is 5.75 Å². The minimum Gasteiger partial charge on any atom is -0.496 e. The van der Waals surface area contributed by atoms with Crippen molar-refractivity contribution in [2.75, 3.05) is 12.9 Å². The van der Waals surface area contributed by atoms with Crippen molar-refractivity contribution in [1.29, 1.82) is 0 Å². The van der Waals surface area contributed by atoms with Gasteiger partial charge in [-0.15, -0.1) is 23.4 Å². The summed E-state index contributed by atoms with van der Waals surface area (Å²) in [6.45, 7) is 0. The molecule has 0 spiro atoms. The molecule has 5 heteroatoms. The number of halogens is 1. The number of carbonyl (C=O) groups is 1. The van der Waals surface area contributed by atoms with Crippen LogP contribution in [0.3, 0.4) is 0 Å². The first kappa shape index (κ1) is 12.2. The highest BCUT2D eigenvalue weighted by molar-refractivity contribution is 7.99. The largest absolute Gasteiger partial charge is 0.496 e.